The van der Waals surface area contributed by atoms with Gasteiger partial charge in [0.1, 0.15) is 22.9 Å². The summed E-state index contributed by atoms with van der Waals surface area (Å²) in [5.74, 6) is 1.36. The van der Waals surface area contributed by atoms with Crippen LogP contribution in [0.1, 0.15) is 42.6 Å². The van der Waals surface area contributed by atoms with E-state index in [1.165, 1.54) is 0 Å². The van der Waals surface area contributed by atoms with Crippen LogP contribution in [0.15, 0.2) is 48.7 Å². The number of benzene rings is 1. The number of carbonyl (C=O) groups excluding carboxylic acids is 1. The second kappa shape index (κ2) is 9.07. The Labute approximate surface area is 180 Å². The first-order chi connectivity index (χ1) is 14.6. The van der Waals surface area contributed by atoms with E-state index < -0.39 is 11.2 Å². The molecule has 156 valence electrons. The van der Waals surface area contributed by atoms with Crippen LogP contribution in [0.5, 0.6) is 0 Å². The quantitative estimate of drug-likeness (QED) is 0.668. The summed E-state index contributed by atoms with van der Waals surface area (Å²) in [6.45, 7) is 3.31. The monoisotopic (exact) mass is 422 g/mol. The van der Waals surface area contributed by atoms with Crippen molar-refractivity contribution in [1.29, 1.82) is 5.26 Å². The molecule has 4 rings (SSSR count). The first-order valence-corrected chi connectivity index (χ1v) is 11.8. The van der Waals surface area contributed by atoms with E-state index in [0.717, 1.165) is 24.2 Å². The zero-order chi connectivity index (χ0) is 21.1. The van der Waals surface area contributed by atoms with Crippen molar-refractivity contribution < 1.29 is 9.35 Å². The van der Waals surface area contributed by atoms with Gasteiger partial charge >= 0.3 is 0 Å². The van der Waals surface area contributed by atoms with Gasteiger partial charge < -0.3 is 14.4 Å². The van der Waals surface area contributed by atoms with Crippen LogP contribution in [0.25, 0.3) is 0 Å². The van der Waals surface area contributed by atoms with Crippen molar-refractivity contribution in [3.8, 4) is 6.07 Å². The number of nitrogens with zero attached hydrogens (tertiary/aromatic N) is 4. The zero-order valence-electron chi connectivity index (χ0n) is 17.1. The van der Waals surface area contributed by atoms with Gasteiger partial charge in [-0.1, -0.05) is 30.3 Å². The fourth-order valence-corrected chi connectivity index (χ4v) is 5.67. The van der Waals surface area contributed by atoms with Crippen LogP contribution in [0.2, 0.25) is 0 Å². The van der Waals surface area contributed by atoms with Crippen LogP contribution >= 0.6 is 0 Å². The third kappa shape index (κ3) is 4.30. The number of fused-ring (bicyclic) bond motifs is 2. The molecule has 30 heavy (non-hydrogen) atoms. The molecular weight excluding hydrogens is 396 g/mol. The van der Waals surface area contributed by atoms with Crippen LogP contribution in [-0.4, -0.2) is 51.3 Å². The number of aromatic nitrogens is 1. The molecule has 2 bridgehead atoms. The Kier molecular flexibility index (Phi) is 6.26. The number of rotatable bonds is 6. The third-order valence-electron chi connectivity index (χ3n) is 6.16. The SMILES string of the molecule is CC(c1ccccc1)[S+]([O-])CCC(=O)N1CC2CCC(C1)N2c1ccc(C#N)cn1. The molecule has 0 N–H and O–H groups in total. The number of nitriles is 1. The summed E-state index contributed by atoms with van der Waals surface area (Å²) in [6.07, 6.45) is 3.99. The van der Waals surface area contributed by atoms with Crippen molar-refractivity contribution >= 4 is 22.9 Å². The normalized spacial score (nSPS) is 22.4. The Morgan fingerprint density at radius 2 is 1.93 bits per heavy atom. The lowest BCUT2D eigenvalue weighted by molar-refractivity contribution is -0.131. The molecule has 2 aliphatic heterocycles. The standard InChI is InChI=1S/C23H26N4O2S/c1-17(19-5-3-2-4-6-19)30(29)12-11-23(28)26-15-20-8-9-21(16-26)27(20)22-10-7-18(13-24)14-25-22/h2-7,10,14,17,20-21H,8-9,11-12,15-16H2,1H3. The molecule has 3 heterocycles. The van der Waals surface area contributed by atoms with Gasteiger partial charge in [-0.05, 0) is 43.1 Å². The number of carbonyl (C=O) groups is 1. The Hall–Kier alpha value is -2.56. The fourth-order valence-electron chi connectivity index (χ4n) is 4.48. The summed E-state index contributed by atoms with van der Waals surface area (Å²) < 4.78 is 12.7. The van der Waals surface area contributed by atoms with Crippen LogP contribution in [0.3, 0.4) is 0 Å². The smallest absolute Gasteiger partial charge is 0.227 e. The van der Waals surface area contributed by atoms with E-state index in [1.807, 2.05) is 48.2 Å². The summed E-state index contributed by atoms with van der Waals surface area (Å²) in [5.41, 5.74) is 1.60. The van der Waals surface area contributed by atoms with Gasteiger partial charge in [-0.15, -0.1) is 0 Å². The molecule has 0 saturated carbocycles. The van der Waals surface area contributed by atoms with E-state index in [2.05, 4.69) is 16.0 Å². The number of anilines is 1. The summed E-state index contributed by atoms with van der Waals surface area (Å²) in [5, 5.41) is 8.90. The van der Waals surface area contributed by atoms with Gasteiger partial charge in [0.15, 0.2) is 0 Å². The number of piperazine rings is 1. The van der Waals surface area contributed by atoms with E-state index in [1.54, 1.807) is 12.3 Å². The highest BCUT2D eigenvalue weighted by Crippen LogP contribution is 2.34. The predicted octanol–water partition coefficient (Wildman–Crippen LogP) is 3.03. The Morgan fingerprint density at radius 3 is 2.53 bits per heavy atom. The number of hydrogen-bond acceptors (Lipinski definition) is 5. The van der Waals surface area contributed by atoms with E-state index in [4.69, 9.17) is 5.26 Å². The van der Waals surface area contributed by atoms with Gasteiger partial charge in [-0.3, -0.25) is 4.79 Å². The largest absolute Gasteiger partial charge is 0.616 e. The molecule has 6 nitrogen and oxygen atoms in total. The minimum atomic E-state index is -1.08. The average molecular weight is 423 g/mol. The van der Waals surface area contributed by atoms with Gasteiger partial charge in [0.2, 0.25) is 5.91 Å². The Morgan fingerprint density at radius 1 is 1.23 bits per heavy atom. The van der Waals surface area contributed by atoms with Crippen LogP contribution < -0.4 is 4.90 Å². The van der Waals surface area contributed by atoms with Gasteiger partial charge in [0, 0.05) is 36.9 Å². The number of amides is 1. The lowest BCUT2D eigenvalue weighted by Crippen LogP contribution is -2.55. The van der Waals surface area contributed by atoms with Crippen molar-refractivity contribution in [3.05, 3.63) is 59.8 Å². The van der Waals surface area contributed by atoms with Crippen LogP contribution in [0.4, 0.5) is 5.82 Å². The lowest BCUT2D eigenvalue weighted by atomic mass is 10.1. The van der Waals surface area contributed by atoms with E-state index in [0.29, 0.717) is 30.8 Å². The highest BCUT2D eigenvalue weighted by molar-refractivity contribution is 7.91. The maximum atomic E-state index is 12.8. The average Bonchev–Trinajstić information content (AvgIpc) is 3.06. The Bertz CT molecular complexity index is 901. The minimum Gasteiger partial charge on any atom is -0.616 e. The van der Waals surface area contributed by atoms with Crippen molar-refractivity contribution in [1.82, 2.24) is 9.88 Å². The molecule has 7 heteroatoms. The van der Waals surface area contributed by atoms with Crippen molar-refractivity contribution in [2.75, 3.05) is 23.7 Å². The fraction of sp³-hybridized carbons (Fsp3) is 0.435. The molecule has 2 saturated heterocycles. The summed E-state index contributed by atoms with van der Waals surface area (Å²) in [4.78, 5) is 21.5. The first-order valence-electron chi connectivity index (χ1n) is 10.4. The number of hydrogen-bond donors (Lipinski definition) is 0. The summed E-state index contributed by atoms with van der Waals surface area (Å²) in [7, 11) is 0. The molecular formula is C23H26N4O2S. The van der Waals surface area contributed by atoms with E-state index in [9.17, 15) is 9.35 Å². The molecule has 2 fully saturated rings. The molecule has 0 radical (unpaired) electrons. The van der Waals surface area contributed by atoms with Crippen molar-refractivity contribution in [3.63, 3.8) is 0 Å². The van der Waals surface area contributed by atoms with E-state index >= 15 is 0 Å². The number of likely N-dealkylation sites (tertiary alicyclic amines) is 1. The Balaban J connectivity index is 1.33. The molecule has 2 aromatic rings. The summed E-state index contributed by atoms with van der Waals surface area (Å²) >= 11 is -1.08. The van der Waals surface area contributed by atoms with Gasteiger partial charge in [0.25, 0.3) is 0 Å². The molecule has 4 unspecified atom stereocenters. The second-order valence-corrected chi connectivity index (χ2v) is 9.87. The van der Waals surface area contributed by atoms with Crippen LogP contribution in [-0.2, 0) is 16.0 Å². The molecule has 0 spiro atoms. The molecule has 1 amide bonds. The maximum absolute atomic E-state index is 12.8. The minimum absolute atomic E-state index is 0.0746. The molecule has 1 aromatic carbocycles. The third-order valence-corrected chi connectivity index (χ3v) is 7.82. The van der Waals surface area contributed by atoms with Gasteiger partial charge in [-0.25, -0.2) is 4.98 Å². The topological polar surface area (TPSA) is 83.3 Å². The van der Waals surface area contributed by atoms with Crippen molar-refractivity contribution in [2.45, 2.75) is 43.5 Å². The molecule has 4 atom stereocenters. The second-order valence-electron chi connectivity index (χ2n) is 8.00. The summed E-state index contributed by atoms with van der Waals surface area (Å²) in [6, 6.07) is 16.1. The first kappa shape index (κ1) is 20.7. The van der Waals surface area contributed by atoms with E-state index in [-0.39, 0.29) is 23.2 Å². The van der Waals surface area contributed by atoms with Gasteiger partial charge in [0.05, 0.1) is 12.0 Å². The molecule has 1 aromatic heterocycles. The number of pyridine rings is 1. The zero-order valence-corrected chi connectivity index (χ0v) is 17.9. The lowest BCUT2D eigenvalue weighted by Gasteiger charge is -2.41. The maximum Gasteiger partial charge on any atom is 0.227 e. The van der Waals surface area contributed by atoms with Crippen molar-refractivity contribution in [2.24, 2.45) is 0 Å². The molecule has 0 aliphatic carbocycles. The molecule has 2 aliphatic rings. The predicted molar refractivity (Wildman–Crippen MR) is 117 cm³/mol. The highest BCUT2D eigenvalue weighted by atomic mass is 32.2. The van der Waals surface area contributed by atoms with Crippen LogP contribution in [0, 0.1) is 11.3 Å². The highest BCUT2D eigenvalue weighted by Gasteiger charge is 2.42. The van der Waals surface area contributed by atoms with Gasteiger partial charge in [-0.2, -0.15) is 5.26 Å².